The van der Waals surface area contributed by atoms with Crippen molar-refractivity contribution < 1.29 is 5.11 Å². The second-order valence-corrected chi connectivity index (χ2v) is 7.20. The molecule has 1 aliphatic rings. The second-order valence-electron chi connectivity index (χ2n) is 6.76. The van der Waals surface area contributed by atoms with Gasteiger partial charge in [0.15, 0.2) is 0 Å². The highest BCUT2D eigenvalue weighted by molar-refractivity contribution is 6.30. The van der Waals surface area contributed by atoms with Gasteiger partial charge in [-0.25, -0.2) is 0 Å². The van der Waals surface area contributed by atoms with Crippen molar-refractivity contribution in [3.63, 3.8) is 0 Å². The van der Waals surface area contributed by atoms with Crippen molar-refractivity contribution in [1.29, 1.82) is 0 Å². The van der Waals surface area contributed by atoms with Crippen LogP contribution < -0.4 is 0 Å². The van der Waals surface area contributed by atoms with Crippen LogP contribution in [0.4, 0.5) is 0 Å². The fourth-order valence-electron chi connectivity index (χ4n) is 3.52. The summed E-state index contributed by atoms with van der Waals surface area (Å²) in [4.78, 5) is 2.40. The molecule has 0 saturated heterocycles. The molecule has 7 heteroatoms. The SMILES string of the molecule is Cn1nccc1[C@@H](O)c1cc2n(n1)CCCN(Cc1cccc(Cl)c1)C2. The summed E-state index contributed by atoms with van der Waals surface area (Å²) >= 11 is 6.11. The van der Waals surface area contributed by atoms with E-state index in [0.29, 0.717) is 5.69 Å². The van der Waals surface area contributed by atoms with Crippen LogP contribution in [0.1, 0.15) is 35.2 Å². The van der Waals surface area contributed by atoms with Crippen LogP contribution in [-0.2, 0) is 26.7 Å². The number of nitrogens with zero attached hydrogens (tertiary/aromatic N) is 5. The van der Waals surface area contributed by atoms with E-state index in [-0.39, 0.29) is 0 Å². The molecule has 6 nitrogen and oxygen atoms in total. The Morgan fingerprint density at radius 3 is 2.88 bits per heavy atom. The summed E-state index contributed by atoms with van der Waals surface area (Å²) < 4.78 is 3.70. The molecule has 0 fully saturated rings. The van der Waals surface area contributed by atoms with Crippen LogP contribution in [0.25, 0.3) is 0 Å². The average Bonchev–Trinajstić information content (AvgIpc) is 3.16. The number of rotatable bonds is 4. The first-order valence-electron chi connectivity index (χ1n) is 8.79. The van der Waals surface area contributed by atoms with Gasteiger partial charge in [-0.3, -0.25) is 14.3 Å². The van der Waals surface area contributed by atoms with Crippen molar-refractivity contribution in [1.82, 2.24) is 24.5 Å². The van der Waals surface area contributed by atoms with E-state index in [0.717, 1.165) is 49.0 Å². The maximum absolute atomic E-state index is 10.6. The number of aryl methyl sites for hydroxylation is 2. The zero-order valence-corrected chi connectivity index (χ0v) is 15.5. The first-order valence-corrected chi connectivity index (χ1v) is 9.17. The lowest BCUT2D eigenvalue weighted by atomic mass is 10.1. The van der Waals surface area contributed by atoms with Crippen LogP contribution in [-0.4, -0.2) is 36.1 Å². The first kappa shape index (κ1) is 17.3. The lowest BCUT2D eigenvalue weighted by Gasteiger charge is -2.19. The Kier molecular flexibility index (Phi) is 4.80. The topological polar surface area (TPSA) is 59.1 Å². The summed E-state index contributed by atoms with van der Waals surface area (Å²) in [7, 11) is 1.83. The number of benzene rings is 1. The molecular formula is C19H22ClN5O. The highest BCUT2D eigenvalue weighted by atomic mass is 35.5. The molecule has 3 aromatic rings. The van der Waals surface area contributed by atoms with Gasteiger partial charge in [-0.1, -0.05) is 23.7 Å². The van der Waals surface area contributed by atoms with Crippen LogP contribution >= 0.6 is 11.6 Å². The molecule has 0 radical (unpaired) electrons. The third kappa shape index (κ3) is 3.53. The molecule has 4 rings (SSSR count). The molecule has 0 aliphatic carbocycles. The molecule has 1 aromatic carbocycles. The standard InChI is InChI=1S/C19H22ClN5O/c1-23-18(6-7-21-23)19(26)17-11-16-13-24(8-3-9-25(16)22-17)12-14-4-2-5-15(20)10-14/h2,4-7,10-11,19,26H,3,8-9,12-13H2,1H3/t19-/m0/s1. The van der Waals surface area contributed by atoms with E-state index in [2.05, 4.69) is 21.2 Å². The molecule has 136 valence electrons. The zero-order chi connectivity index (χ0) is 18.1. The number of aromatic nitrogens is 4. The number of hydrogen-bond donors (Lipinski definition) is 1. The Balaban J connectivity index is 1.53. The van der Waals surface area contributed by atoms with Crippen LogP contribution in [0.15, 0.2) is 42.6 Å². The third-order valence-corrected chi connectivity index (χ3v) is 5.06. The maximum atomic E-state index is 10.6. The number of halogens is 1. The summed E-state index contributed by atoms with van der Waals surface area (Å²) in [6, 6.07) is 11.8. The maximum Gasteiger partial charge on any atom is 0.139 e. The van der Waals surface area contributed by atoms with Crippen molar-refractivity contribution in [2.45, 2.75) is 32.2 Å². The lowest BCUT2D eigenvalue weighted by molar-refractivity contribution is 0.203. The molecule has 0 bridgehead atoms. The molecule has 0 spiro atoms. The average molecular weight is 372 g/mol. The van der Waals surface area contributed by atoms with Gasteiger partial charge in [-0.2, -0.15) is 10.2 Å². The minimum absolute atomic E-state index is 0.674. The minimum atomic E-state index is -0.761. The molecule has 1 aliphatic heterocycles. The van der Waals surface area contributed by atoms with Crippen LogP contribution in [0.3, 0.4) is 0 Å². The van der Waals surface area contributed by atoms with Crippen molar-refractivity contribution in [2.75, 3.05) is 6.54 Å². The van der Waals surface area contributed by atoms with E-state index in [4.69, 9.17) is 11.6 Å². The smallest absolute Gasteiger partial charge is 0.139 e. The highest BCUT2D eigenvalue weighted by Gasteiger charge is 2.22. The van der Waals surface area contributed by atoms with E-state index in [1.807, 2.05) is 42.1 Å². The predicted molar refractivity (Wildman–Crippen MR) is 99.7 cm³/mol. The van der Waals surface area contributed by atoms with E-state index < -0.39 is 6.10 Å². The lowest BCUT2D eigenvalue weighted by Crippen LogP contribution is -2.22. The quantitative estimate of drug-likeness (QED) is 0.766. The predicted octanol–water partition coefficient (Wildman–Crippen LogP) is 2.76. The van der Waals surface area contributed by atoms with Gasteiger partial charge in [0, 0.05) is 44.4 Å². The molecule has 3 heterocycles. The number of aliphatic hydroxyl groups excluding tert-OH is 1. The third-order valence-electron chi connectivity index (χ3n) is 4.83. The van der Waals surface area contributed by atoms with Crippen molar-refractivity contribution in [3.05, 3.63) is 70.3 Å². The van der Waals surface area contributed by atoms with E-state index in [1.54, 1.807) is 10.9 Å². The van der Waals surface area contributed by atoms with Crippen molar-refractivity contribution in [3.8, 4) is 0 Å². The van der Waals surface area contributed by atoms with Gasteiger partial charge in [0.05, 0.1) is 17.1 Å². The Bertz CT molecular complexity index is 903. The zero-order valence-electron chi connectivity index (χ0n) is 14.7. The molecule has 0 unspecified atom stereocenters. The van der Waals surface area contributed by atoms with Gasteiger partial charge in [0.1, 0.15) is 6.10 Å². The number of aliphatic hydroxyl groups is 1. The van der Waals surface area contributed by atoms with E-state index in [9.17, 15) is 5.11 Å². The summed E-state index contributed by atoms with van der Waals surface area (Å²) in [6.07, 6.45) is 1.95. The second kappa shape index (κ2) is 7.23. The van der Waals surface area contributed by atoms with Gasteiger partial charge < -0.3 is 5.11 Å². The van der Waals surface area contributed by atoms with Gasteiger partial charge in [-0.15, -0.1) is 0 Å². The van der Waals surface area contributed by atoms with Gasteiger partial charge in [0.2, 0.25) is 0 Å². The fourth-order valence-corrected chi connectivity index (χ4v) is 3.73. The molecule has 0 amide bonds. The van der Waals surface area contributed by atoms with Crippen molar-refractivity contribution in [2.24, 2.45) is 7.05 Å². The Labute approximate surface area is 157 Å². The Morgan fingerprint density at radius 2 is 2.12 bits per heavy atom. The van der Waals surface area contributed by atoms with E-state index in [1.165, 1.54) is 5.56 Å². The van der Waals surface area contributed by atoms with Crippen LogP contribution in [0, 0.1) is 0 Å². The molecule has 1 atom stereocenters. The molecule has 1 N–H and O–H groups in total. The van der Waals surface area contributed by atoms with Crippen LogP contribution in [0.2, 0.25) is 5.02 Å². The van der Waals surface area contributed by atoms with Crippen LogP contribution in [0.5, 0.6) is 0 Å². The minimum Gasteiger partial charge on any atom is -0.380 e. The number of fused-ring (bicyclic) bond motifs is 1. The molecule has 0 saturated carbocycles. The molecule has 2 aromatic heterocycles. The van der Waals surface area contributed by atoms with Crippen molar-refractivity contribution >= 4 is 11.6 Å². The van der Waals surface area contributed by atoms with E-state index >= 15 is 0 Å². The highest BCUT2D eigenvalue weighted by Crippen LogP contribution is 2.24. The van der Waals surface area contributed by atoms with Gasteiger partial charge in [-0.05, 0) is 36.2 Å². The Hall–Kier alpha value is -2.15. The summed E-state index contributed by atoms with van der Waals surface area (Å²) in [5.74, 6) is 0. The Morgan fingerprint density at radius 1 is 1.23 bits per heavy atom. The summed E-state index contributed by atoms with van der Waals surface area (Å²) in [6.45, 7) is 3.53. The monoisotopic (exact) mass is 371 g/mol. The fraction of sp³-hybridized carbons (Fsp3) is 0.368. The van der Waals surface area contributed by atoms with Gasteiger partial charge in [0.25, 0.3) is 0 Å². The molecular weight excluding hydrogens is 350 g/mol. The number of hydrogen-bond acceptors (Lipinski definition) is 4. The summed E-state index contributed by atoms with van der Waals surface area (Å²) in [5, 5.41) is 20.2. The molecule has 26 heavy (non-hydrogen) atoms. The first-order chi connectivity index (χ1) is 12.6. The largest absolute Gasteiger partial charge is 0.380 e. The summed E-state index contributed by atoms with van der Waals surface area (Å²) in [5.41, 5.74) is 3.75. The normalized spacial score (nSPS) is 16.3. The van der Waals surface area contributed by atoms with Gasteiger partial charge >= 0.3 is 0 Å².